The van der Waals surface area contributed by atoms with Crippen molar-refractivity contribution in [1.82, 2.24) is 4.72 Å². The van der Waals surface area contributed by atoms with Gasteiger partial charge in [-0.2, -0.15) is 13.2 Å². The third kappa shape index (κ3) is 5.64. The van der Waals surface area contributed by atoms with Crippen LogP contribution in [0.25, 0.3) is 0 Å². The maximum absolute atomic E-state index is 12.8. The number of unbranched alkanes of at least 4 members (excludes halogenated alkanes) is 2. The van der Waals surface area contributed by atoms with Gasteiger partial charge in [-0.15, -0.1) is 0 Å². The molecule has 0 fully saturated rings. The number of hydrogen-bond acceptors (Lipinski definition) is 4. The summed E-state index contributed by atoms with van der Waals surface area (Å²) in [6.45, 7) is -0.0679. The van der Waals surface area contributed by atoms with Gasteiger partial charge in [-0.05, 0) is 31.4 Å². The lowest BCUT2D eigenvalue weighted by molar-refractivity contribution is -0.305. The van der Waals surface area contributed by atoms with Crippen LogP contribution in [0.2, 0.25) is 0 Å². The van der Waals surface area contributed by atoms with Crippen molar-refractivity contribution in [2.75, 3.05) is 6.54 Å². The van der Waals surface area contributed by atoms with Gasteiger partial charge >= 0.3 is 6.18 Å². The number of sulfonamides is 1. The van der Waals surface area contributed by atoms with Gasteiger partial charge in [0.25, 0.3) is 0 Å². The molecule has 0 amide bonds. The molecule has 0 aliphatic rings. The van der Waals surface area contributed by atoms with Crippen LogP contribution in [-0.2, 0) is 21.0 Å². The lowest BCUT2D eigenvalue weighted by Crippen LogP contribution is -2.27. The van der Waals surface area contributed by atoms with E-state index in [4.69, 9.17) is 0 Å². The van der Waals surface area contributed by atoms with E-state index in [0.717, 1.165) is 12.1 Å². The molecular formula is C13H15F3NO4S-. The first kappa shape index (κ1) is 18.4. The molecule has 0 aromatic heterocycles. The highest BCUT2D eigenvalue weighted by Gasteiger charge is 2.36. The molecule has 0 saturated carbocycles. The Balaban J connectivity index is 2.66. The van der Waals surface area contributed by atoms with Crippen molar-refractivity contribution in [3.05, 3.63) is 29.8 Å². The first-order valence-corrected chi connectivity index (χ1v) is 7.98. The number of carbonyl (C=O) groups excluding carboxylic acids is 1. The van der Waals surface area contributed by atoms with Crippen LogP contribution in [0.5, 0.6) is 0 Å². The molecule has 0 unspecified atom stereocenters. The van der Waals surface area contributed by atoms with Gasteiger partial charge in [0.2, 0.25) is 10.0 Å². The zero-order chi connectivity index (χ0) is 16.8. The highest BCUT2D eigenvalue weighted by atomic mass is 32.2. The van der Waals surface area contributed by atoms with Gasteiger partial charge in [-0.3, -0.25) is 0 Å². The second kappa shape index (κ2) is 7.59. The van der Waals surface area contributed by atoms with Gasteiger partial charge in [0, 0.05) is 12.5 Å². The zero-order valence-electron chi connectivity index (χ0n) is 11.5. The molecule has 9 heteroatoms. The van der Waals surface area contributed by atoms with Crippen LogP contribution in [0.15, 0.2) is 29.2 Å². The number of carboxylic acids is 1. The van der Waals surface area contributed by atoms with Crippen LogP contribution in [0.3, 0.4) is 0 Å². The number of rotatable bonds is 8. The van der Waals surface area contributed by atoms with Gasteiger partial charge in [0.05, 0.1) is 10.5 Å². The molecule has 0 spiro atoms. The minimum Gasteiger partial charge on any atom is -0.550 e. The molecular weight excluding hydrogens is 323 g/mol. The second-order valence-electron chi connectivity index (χ2n) is 4.57. The monoisotopic (exact) mass is 338 g/mol. The Labute approximate surface area is 126 Å². The SMILES string of the molecule is O=C([O-])CCCCCNS(=O)(=O)c1ccccc1C(F)(F)F. The van der Waals surface area contributed by atoms with Crippen molar-refractivity contribution in [3.63, 3.8) is 0 Å². The van der Waals surface area contributed by atoms with E-state index in [1.54, 1.807) is 0 Å². The van der Waals surface area contributed by atoms with Crippen molar-refractivity contribution < 1.29 is 31.5 Å². The molecule has 22 heavy (non-hydrogen) atoms. The minimum absolute atomic E-state index is 0.0679. The Bertz CT molecular complexity index is 614. The van der Waals surface area contributed by atoms with E-state index in [9.17, 15) is 31.5 Å². The van der Waals surface area contributed by atoms with E-state index < -0.39 is 32.6 Å². The van der Waals surface area contributed by atoms with E-state index in [2.05, 4.69) is 4.72 Å². The number of carboxylic acid groups (broad SMARTS) is 1. The molecule has 1 aromatic carbocycles. The predicted molar refractivity (Wildman–Crippen MR) is 70.1 cm³/mol. The normalized spacial score (nSPS) is 12.3. The Morgan fingerprint density at radius 3 is 2.36 bits per heavy atom. The summed E-state index contributed by atoms with van der Waals surface area (Å²) in [6, 6.07) is 3.92. The van der Waals surface area contributed by atoms with Gasteiger partial charge in [-0.1, -0.05) is 18.6 Å². The Kier molecular flexibility index (Phi) is 6.36. The number of nitrogens with one attached hydrogen (secondary N) is 1. The van der Waals surface area contributed by atoms with Crippen LogP contribution in [0.1, 0.15) is 31.2 Å². The standard InChI is InChI=1S/C13H16F3NO4S/c14-13(15,16)10-6-3-4-7-11(10)22(20,21)17-9-5-1-2-8-12(18)19/h3-4,6-7,17H,1-2,5,8-9H2,(H,18,19)/p-1. The predicted octanol–water partition coefficient (Wildman–Crippen LogP) is 1.29. The topological polar surface area (TPSA) is 86.3 Å². The van der Waals surface area contributed by atoms with Crippen LogP contribution < -0.4 is 9.83 Å². The number of aliphatic carboxylic acids is 1. The van der Waals surface area contributed by atoms with Gasteiger partial charge < -0.3 is 9.90 Å². The maximum atomic E-state index is 12.8. The molecule has 0 bridgehead atoms. The van der Waals surface area contributed by atoms with E-state index in [1.807, 2.05) is 0 Å². The van der Waals surface area contributed by atoms with Crippen molar-refractivity contribution in [3.8, 4) is 0 Å². The molecule has 0 atom stereocenters. The molecule has 0 radical (unpaired) electrons. The van der Waals surface area contributed by atoms with E-state index in [0.29, 0.717) is 25.3 Å². The summed E-state index contributed by atoms with van der Waals surface area (Å²) >= 11 is 0. The summed E-state index contributed by atoms with van der Waals surface area (Å²) in [5.41, 5.74) is -1.22. The first-order chi connectivity index (χ1) is 10.1. The van der Waals surface area contributed by atoms with Crippen molar-refractivity contribution >= 4 is 16.0 Å². The average Bonchev–Trinajstić information content (AvgIpc) is 2.41. The first-order valence-electron chi connectivity index (χ1n) is 6.50. The van der Waals surface area contributed by atoms with Gasteiger partial charge in [-0.25, -0.2) is 13.1 Å². The Morgan fingerprint density at radius 2 is 1.77 bits per heavy atom. The van der Waals surface area contributed by atoms with E-state index in [-0.39, 0.29) is 13.0 Å². The Morgan fingerprint density at radius 1 is 1.14 bits per heavy atom. The van der Waals surface area contributed by atoms with Crippen LogP contribution in [-0.4, -0.2) is 20.9 Å². The Hall–Kier alpha value is -1.61. The van der Waals surface area contributed by atoms with Crippen LogP contribution in [0, 0.1) is 0 Å². The van der Waals surface area contributed by atoms with Gasteiger partial charge in [0.1, 0.15) is 0 Å². The van der Waals surface area contributed by atoms with Crippen molar-refractivity contribution in [2.24, 2.45) is 0 Å². The second-order valence-corrected chi connectivity index (χ2v) is 6.31. The molecule has 1 N–H and O–H groups in total. The number of carbonyl (C=O) groups is 1. The summed E-state index contributed by atoms with van der Waals surface area (Å²) in [4.78, 5) is 9.36. The summed E-state index contributed by atoms with van der Waals surface area (Å²) < 4.78 is 64.3. The molecule has 0 heterocycles. The lowest BCUT2D eigenvalue weighted by atomic mass is 10.2. The van der Waals surface area contributed by atoms with Crippen molar-refractivity contribution in [2.45, 2.75) is 36.8 Å². The molecule has 1 rings (SSSR count). The van der Waals surface area contributed by atoms with Crippen molar-refractivity contribution in [1.29, 1.82) is 0 Å². The summed E-state index contributed by atoms with van der Waals surface area (Å²) in [5, 5.41) is 10.2. The maximum Gasteiger partial charge on any atom is 0.417 e. The smallest absolute Gasteiger partial charge is 0.417 e. The molecule has 1 aromatic rings. The van der Waals surface area contributed by atoms with Gasteiger partial charge in [0.15, 0.2) is 0 Å². The molecule has 124 valence electrons. The molecule has 0 aliphatic heterocycles. The fourth-order valence-electron chi connectivity index (χ4n) is 1.79. The third-order valence-corrected chi connectivity index (χ3v) is 4.35. The quantitative estimate of drug-likeness (QED) is 0.724. The number of hydrogen-bond donors (Lipinski definition) is 1. The van der Waals surface area contributed by atoms with Crippen LogP contribution >= 0.6 is 0 Å². The molecule has 0 aliphatic carbocycles. The largest absolute Gasteiger partial charge is 0.550 e. The molecule has 5 nitrogen and oxygen atoms in total. The third-order valence-electron chi connectivity index (χ3n) is 2.83. The lowest BCUT2D eigenvalue weighted by Gasteiger charge is -2.13. The highest BCUT2D eigenvalue weighted by Crippen LogP contribution is 2.33. The highest BCUT2D eigenvalue weighted by molar-refractivity contribution is 7.89. The van der Waals surface area contributed by atoms with E-state index >= 15 is 0 Å². The van der Waals surface area contributed by atoms with Crippen LogP contribution in [0.4, 0.5) is 13.2 Å². The number of alkyl halides is 3. The minimum atomic E-state index is -4.76. The fourth-order valence-corrected chi connectivity index (χ4v) is 3.09. The molecule has 0 saturated heterocycles. The number of halogens is 3. The summed E-state index contributed by atoms with van der Waals surface area (Å²) in [6.07, 6.45) is -3.83. The average molecular weight is 338 g/mol. The fraction of sp³-hybridized carbons (Fsp3) is 0.462. The summed E-state index contributed by atoms with van der Waals surface area (Å²) in [7, 11) is -4.28. The van der Waals surface area contributed by atoms with E-state index in [1.165, 1.54) is 6.07 Å². The number of benzene rings is 1. The zero-order valence-corrected chi connectivity index (χ0v) is 12.3. The summed E-state index contributed by atoms with van der Waals surface area (Å²) in [5.74, 6) is -1.19.